The summed E-state index contributed by atoms with van der Waals surface area (Å²) < 4.78 is 14.2. The number of carbonyl (C=O) groups is 3. The molecule has 0 radical (unpaired) electrons. The van der Waals surface area contributed by atoms with Crippen LogP contribution in [-0.2, 0) is 28.6 Å². The molecule has 0 aromatic rings. The van der Waals surface area contributed by atoms with E-state index in [1.54, 1.807) is 20.8 Å². The number of nitrogens with two attached hydrogens (primary N) is 1. The first-order valence-electron chi connectivity index (χ1n) is 6.16. The smallest absolute Gasteiger partial charge is 0.327 e. The lowest BCUT2D eigenvalue weighted by atomic mass is 9.92. The van der Waals surface area contributed by atoms with Crippen LogP contribution in [0, 0.1) is 0 Å². The van der Waals surface area contributed by atoms with Gasteiger partial charge in [0.2, 0.25) is 0 Å². The van der Waals surface area contributed by atoms with E-state index in [9.17, 15) is 14.4 Å². The minimum atomic E-state index is -1.76. The quantitative estimate of drug-likeness (QED) is 0.496. The summed E-state index contributed by atoms with van der Waals surface area (Å²) in [5.41, 5.74) is 4.06. The van der Waals surface area contributed by atoms with Gasteiger partial charge < -0.3 is 19.9 Å². The fraction of sp³-hybridized carbons (Fsp3) is 0.750. The molecule has 0 heterocycles. The van der Waals surface area contributed by atoms with Gasteiger partial charge >= 0.3 is 17.9 Å². The van der Waals surface area contributed by atoms with Gasteiger partial charge in [-0.2, -0.15) is 0 Å². The number of hydrogen-bond acceptors (Lipinski definition) is 7. The molecule has 0 aromatic carbocycles. The number of hydrogen-bond donors (Lipinski definition) is 1. The normalized spacial score (nSPS) is 10.7. The van der Waals surface area contributed by atoms with Gasteiger partial charge in [-0.1, -0.05) is 0 Å². The van der Waals surface area contributed by atoms with Crippen molar-refractivity contribution >= 4 is 17.9 Å². The van der Waals surface area contributed by atoms with E-state index in [0.717, 1.165) is 0 Å². The zero-order valence-electron chi connectivity index (χ0n) is 11.6. The molecule has 0 amide bonds. The molecule has 0 unspecified atom stereocenters. The van der Waals surface area contributed by atoms with E-state index in [2.05, 4.69) is 0 Å². The standard InChI is InChI=1S/C12H21NO6/c1-4-17-9(14)7-12(13,11(16)19-6-3)8-10(15)18-5-2/h4-8,13H2,1-3H3. The van der Waals surface area contributed by atoms with Gasteiger partial charge in [-0.3, -0.25) is 14.4 Å². The first kappa shape index (κ1) is 17.4. The monoisotopic (exact) mass is 275 g/mol. The van der Waals surface area contributed by atoms with Crippen molar-refractivity contribution in [3.8, 4) is 0 Å². The lowest BCUT2D eigenvalue weighted by molar-refractivity contribution is -0.160. The molecule has 2 N–H and O–H groups in total. The Morgan fingerprint density at radius 2 is 1.21 bits per heavy atom. The summed E-state index contributed by atoms with van der Waals surface area (Å²) in [7, 11) is 0. The minimum absolute atomic E-state index is 0.101. The molecule has 7 nitrogen and oxygen atoms in total. The SMILES string of the molecule is CCOC(=O)CC(N)(CC(=O)OCC)C(=O)OCC. The van der Waals surface area contributed by atoms with E-state index in [1.807, 2.05) is 0 Å². The highest BCUT2D eigenvalue weighted by Gasteiger charge is 2.41. The lowest BCUT2D eigenvalue weighted by Gasteiger charge is -2.24. The second kappa shape index (κ2) is 8.47. The number of carbonyl (C=O) groups excluding carboxylic acids is 3. The van der Waals surface area contributed by atoms with Crippen molar-refractivity contribution in [3.05, 3.63) is 0 Å². The topological polar surface area (TPSA) is 105 Å². The van der Waals surface area contributed by atoms with E-state index in [-0.39, 0.29) is 19.8 Å². The van der Waals surface area contributed by atoms with E-state index < -0.39 is 36.3 Å². The third-order valence-electron chi connectivity index (χ3n) is 2.21. The van der Waals surface area contributed by atoms with Crippen LogP contribution in [-0.4, -0.2) is 43.3 Å². The molecular formula is C12H21NO6. The molecule has 0 aliphatic rings. The Labute approximate surface area is 112 Å². The summed E-state index contributed by atoms with van der Waals surface area (Å²) >= 11 is 0. The van der Waals surface area contributed by atoms with Crippen LogP contribution in [0.3, 0.4) is 0 Å². The van der Waals surface area contributed by atoms with E-state index in [4.69, 9.17) is 19.9 Å². The van der Waals surface area contributed by atoms with Gasteiger partial charge in [0.05, 0.1) is 32.7 Å². The Morgan fingerprint density at radius 1 is 0.842 bits per heavy atom. The Balaban J connectivity index is 4.85. The predicted octanol–water partition coefficient (Wildman–Crippen LogP) is 0.153. The number of ether oxygens (including phenoxy) is 3. The van der Waals surface area contributed by atoms with Gasteiger partial charge in [0.25, 0.3) is 0 Å². The molecule has 0 fully saturated rings. The summed E-state index contributed by atoms with van der Waals surface area (Å²) in [6.07, 6.45) is -0.864. The van der Waals surface area contributed by atoms with E-state index in [0.29, 0.717) is 0 Å². The van der Waals surface area contributed by atoms with Gasteiger partial charge in [0.1, 0.15) is 5.54 Å². The van der Waals surface area contributed by atoms with Gasteiger partial charge in [-0.15, -0.1) is 0 Å². The fourth-order valence-electron chi connectivity index (χ4n) is 1.42. The molecule has 19 heavy (non-hydrogen) atoms. The van der Waals surface area contributed by atoms with Crippen LogP contribution in [0.4, 0.5) is 0 Å². The molecule has 0 saturated carbocycles. The van der Waals surface area contributed by atoms with Crippen LogP contribution < -0.4 is 5.73 Å². The molecule has 0 atom stereocenters. The van der Waals surface area contributed by atoms with Crippen LogP contribution in [0.5, 0.6) is 0 Å². The van der Waals surface area contributed by atoms with Crippen molar-refractivity contribution in [1.82, 2.24) is 0 Å². The average molecular weight is 275 g/mol. The second-order valence-corrected chi connectivity index (χ2v) is 3.84. The highest BCUT2D eigenvalue weighted by molar-refractivity contribution is 5.91. The Morgan fingerprint density at radius 3 is 1.53 bits per heavy atom. The van der Waals surface area contributed by atoms with Crippen molar-refractivity contribution in [1.29, 1.82) is 0 Å². The average Bonchev–Trinajstić information content (AvgIpc) is 2.29. The third-order valence-corrected chi connectivity index (χ3v) is 2.21. The fourth-order valence-corrected chi connectivity index (χ4v) is 1.42. The minimum Gasteiger partial charge on any atom is -0.466 e. The first-order chi connectivity index (χ1) is 8.89. The van der Waals surface area contributed by atoms with Gasteiger partial charge in [0.15, 0.2) is 0 Å². The first-order valence-corrected chi connectivity index (χ1v) is 6.16. The summed E-state index contributed by atoms with van der Waals surface area (Å²) in [6, 6.07) is 0. The largest absolute Gasteiger partial charge is 0.466 e. The molecule has 0 bridgehead atoms. The second-order valence-electron chi connectivity index (χ2n) is 3.84. The summed E-state index contributed by atoms with van der Waals surface area (Å²) in [6.45, 7) is 5.29. The third kappa shape index (κ3) is 6.19. The van der Waals surface area contributed by atoms with Gasteiger partial charge in [-0.25, -0.2) is 0 Å². The highest BCUT2D eigenvalue weighted by Crippen LogP contribution is 2.17. The van der Waals surface area contributed by atoms with Crippen LogP contribution >= 0.6 is 0 Å². The Kier molecular flexibility index (Phi) is 7.74. The summed E-state index contributed by atoms with van der Waals surface area (Å²) in [5, 5.41) is 0. The molecule has 0 aliphatic carbocycles. The summed E-state index contributed by atoms with van der Waals surface area (Å²) in [5.74, 6) is -2.15. The molecule has 110 valence electrons. The molecule has 0 rings (SSSR count). The van der Waals surface area contributed by atoms with Crippen LogP contribution in [0.25, 0.3) is 0 Å². The highest BCUT2D eigenvalue weighted by atomic mass is 16.5. The van der Waals surface area contributed by atoms with E-state index >= 15 is 0 Å². The Bertz CT molecular complexity index is 308. The predicted molar refractivity (Wildman–Crippen MR) is 66.1 cm³/mol. The molecule has 0 saturated heterocycles. The molecular weight excluding hydrogens is 254 g/mol. The Hall–Kier alpha value is -1.63. The van der Waals surface area contributed by atoms with Crippen LogP contribution in [0.2, 0.25) is 0 Å². The molecule has 0 aliphatic heterocycles. The molecule has 0 aromatic heterocycles. The van der Waals surface area contributed by atoms with Crippen LogP contribution in [0.1, 0.15) is 33.6 Å². The molecule has 7 heteroatoms. The lowest BCUT2D eigenvalue weighted by Crippen LogP contribution is -2.52. The van der Waals surface area contributed by atoms with Crippen LogP contribution in [0.15, 0.2) is 0 Å². The van der Waals surface area contributed by atoms with Crippen molar-refractivity contribution < 1.29 is 28.6 Å². The van der Waals surface area contributed by atoms with Crippen molar-refractivity contribution in [3.63, 3.8) is 0 Å². The number of esters is 3. The van der Waals surface area contributed by atoms with Gasteiger partial charge in [-0.05, 0) is 20.8 Å². The number of rotatable bonds is 8. The van der Waals surface area contributed by atoms with E-state index in [1.165, 1.54) is 0 Å². The maximum absolute atomic E-state index is 11.8. The maximum atomic E-state index is 11.8. The van der Waals surface area contributed by atoms with Crippen molar-refractivity contribution in [2.45, 2.75) is 39.2 Å². The zero-order chi connectivity index (χ0) is 14.9. The van der Waals surface area contributed by atoms with Gasteiger partial charge in [0, 0.05) is 0 Å². The zero-order valence-corrected chi connectivity index (χ0v) is 11.6. The summed E-state index contributed by atoms with van der Waals surface area (Å²) in [4.78, 5) is 34.7. The van der Waals surface area contributed by atoms with Crippen molar-refractivity contribution in [2.24, 2.45) is 5.73 Å². The maximum Gasteiger partial charge on any atom is 0.327 e. The molecule has 0 spiro atoms. The van der Waals surface area contributed by atoms with Crippen molar-refractivity contribution in [2.75, 3.05) is 19.8 Å².